The molecule has 1 rings (SSSR count). The molecule has 78 valence electrons. The lowest BCUT2D eigenvalue weighted by Gasteiger charge is -2.11. The van der Waals surface area contributed by atoms with Crippen LogP contribution in [0, 0.1) is 6.92 Å². The smallest absolute Gasteiger partial charge is 0.0942 e. The number of anilines is 1. The molecule has 0 aliphatic rings. The van der Waals surface area contributed by atoms with Crippen LogP contribution in [0.1, 0.15) is 5.56 Å². The lowest BCUT2D eigenvalue weighted by Crippen LogP contribution is -2.23. The van der Waals surface area contributed by atoms with Gasteiger partial charge in [-0.1, -0.05) is 6.07 Å². The molecule has 3 N–H and O–H groups in total. The van der Waals surface area contributed by atoms with Gasteiger partial charge in [-0.2, -0.15) is 0 Å². The normalized spacial score (nSPS) is 12.6. The van der Waals surface area contributed by atoms with Crippen LogP contribution in [0.15, 0.2) is 22.7 Å². The number of aryl methyl sites for hydroxylation is 1. The van der Waals surface area contributed by atoms with Crippen molar-refractivity contribution in [2.75, 3.05) is 18.5 Å². The SMILES string of the molecule is Cc1ccc(NCC(O)CO)c(Br)c1. The van der Waals surface area contributed by atoms with E-state index in [1.807, 2.05) is 25.1 Å². The lowest BCUT2D eigenvalue weighted by molar-refractivity contribution is 0.105. The molecule has 0 saturated heterocycles. The Kier molecular flexibility index (Phi) is 4.38. The zero-order valence-electron chi connectivity index (χ0n) is 8.00. The summed E-state index contributed by atoms with van der Waals surface area (Å²) in [6, 6.07) is 5.91. The molecule has 0 radical (unpaired) electrons. The fourth-order valence-corrected chi connectivity index (χ4v) is 1.69. The van der Waals surface area contributed by atoms with Gasteiger partial charge in [0.25, 0.3) is 0 Å². The summed E-state index contributed by atoms with van der Waals surface area (Å²) in [7, 11) is 0. The minimum atomic E-state index is -0.719. The minimum Gasteiger partial charge on any atom is -0.394 e. The van der Waals surface area contributed by atoms with E-state index < -0.39 is 6.10 Å². The Bertz CT molecular complexity index is 304. The van der Waals surface area contributed by atoms with Gasteiger partial charge in [-0.3, -0.25) is 0 Å². The third-order valence-corrected chi connectivity index (χ3v) is 2.52. The molecule has 1 aromatic carbocycles. The molecule has 0 aromatic heterocycles. The average Bonchev–Trinajstić information content (AvgIpc) is 2.16. The minimum absolute atomic E-state index is 0.226. The number of hydrogen-bond donors (Lipinski definition) is 3. The van der Waals surface area contributed by atoms with E-state index in [1.54, 1.807) is 0 Å². The zero-order valence-corrected chi connectivity index (χ0v) is 9.58. The quantitative estimate of drug-likeness (QED) is 0.769. The molecular formula is C10H14BrNO2. The number of hydrogen-bond acceptors (Lipinski definition) is 3. The van der Waals surface area contributed by atoms with Crippen molar-refractivity contribution >= 4 is 21.6 Å². The number of halogens is 1. The molecule has 0 aliphatic heterocycles. The van der Waals surface area contributed by atoms with Gasteiger partial charge < -0.3 is 15.5 Å². The molecule has 0 bridgehead atoms. The fraction of sp³-hybridized carbons (Fsp3) is 0.400. The van der Waals surface area contributed by atoms with Crippen molar-refractivity contribution in [1.29, 1.82) is 0 Å². The highest BCUT2D eigenvalue weighted by Crippen LogP contribution is 2.23. The van der Waals surface area contributed by atoms with Gasteiger partial charge in [0.2, 0.25) is 0 Å². The maximum absolute atomic E-state index is 9.14. The van der Waals surface area contributed by atoms with Crippen molar-refractivity contribution in [2.24, 2.45) is 0 Å². The summed E-state index contributed by atoms with van der Waals surface area (Å²) in [5, 5.41) is 20.8. The van der Waals surface area contributed by atoms with E-state index in [2.05, 4.69) is 21.2 Å². The Labute approximate surface area is 91.9 Å². The van der Waals surface area contributed by atoms with E-state index in [9.17, 15) is 0 Å². The van der Waals surface area contributed by atoms with Gasteiger partial charge in [-0.15, -0.1) is 0 Å². The van der Waals surface area contributed by atoms with Crippen molar-refractivity contribution in [3.05, 3.63) is 28.2 Å². The van der Waals surface area contributed by atoms with Crippen LogP contribution in [0.3, 0.4) is 0 Å². The molecule has 3 nitrogen and oxygen atoms in total. The topological polar surface area (TPSA) is 52.5 Å². The van der Waals surface area contributed by atoms with Gasteiger partial charge >= 0.3 is 0 Å². The van der Waals surface area contributed by atoms with Crippen molar-refractivity contribution < 1.29 is 10.2 Å². The fourth-order valence-electron chi connectivity index (χ4n) is 1.06. The van der Waals surface area contributed by atoms with Crippen LogP contribution < -0.4 is 5.32 Å². The molecule has 0 spiro atoms. The van der Waals surface area contributed by atoms with Crippen LogP contribution in [0.2, 0.25) is 0 Å². The summed E-state index contributed by atoms with van der Waals surface area (Å²) in [5.74, 6) is 0. The van der Waals surface area contributed by atoms with Gasteiger partial charge in [-0.05, 0) is 40.5 Å². The number of aliphatic hydroxyl groups is 2. The zero-order chi connectivity index (χ0) is 10.6. The first-order valence-corrected chi connectivity index (χ1v) is 5.21. The van der Waals surface area contributed by atoms with Crippen molar-refractivity contribution in [3.63, 3.8) is 0 Å². The van der Waals surface area contributed by atoms with Gasteiger partial charge in [0.05, 0.1) is 12.7 Å². The second-order valence-corrected chi connectivity index (χ2v) is 4.05. The molecule has 14 heavy (non-hydrogen) atoms. The first-order chi connectivity index (χ1) is 6.63. The summed E-state index contributed by atoms with van der Waals surface area (Å²) < 4.78 is 0.961. The number of benzene rings is 1. The molecule has 0 amide bonds. The Hall–Kier alpha value is -0.580. The molecule has 0 aliphatic carbocycles. The Morgan fingerprint density at radius 3 is 2.79 bits per heavy atom. The average molecular weight is 260 g/mol. The van der Waals surface area contributed by atoms with Crippen LogP contribution in [0.25, 0.3) is 0 Å². The predicted octanol–water partition coefficient (Wildman–Crippen LogP) is 1.52. The highest BCUT2D eigenvalue weighted by atomic mass is 79.9. The van der Waals surface area contributed by atoms with E-state index in [0.29, 0.717) is 6.54 Å². The summed E-state index contributed by atoms with van der Waals surface area (Å²) in [6.07, 6.45) is -0.719. The van der Waals surface area contributed by atoms with Crippen LogP contribution in [0.5, 0.6) is 0 Å². The molecule has 1 aromatic rings. The molecule has 0 heterocycles. The third-order valence-electron chi connectivity index (χ3n) is 1.86. The third kappa shape index (κ3) is 3.29. The highest BCUT2D eigenvalue weighted by Gasteiger charge is 2.03. The maximum atomic E-state index is 9.14. The number of aliphatic hydroxyl groups excluding tert-OH is 2. The molecular weight excluding hydrogens is 246 g/mol. The summed E-state index contributed by atoms with van der Waals surface area (Å²) in [6.45, 7) is 2.13. The lowest BCUT2D eigenvalue weighted by atomic mass is 10.2. The van der Waals surface area contributed by atoms with E-state index in [4.69, 9.17) is 10.2 Å². The Morgan fingerprint density at radius 1 is 1.50 bits per heavy atom. The predicted molar refractivity (Wildman–Crippen MR) is 60.5 cm³/mol. The molecule has 1 unspecified atom stereocenters. The van der Waals surface area contributed by atoms with Gasteiger partial charge in [0.1, 0.15) is 0 Å². The van der Waals surface area contributed by atoms with Crippen LogP contribution in [-0.2, 0) is 0 Å². The molecule has 0 fully saturated rings. The van der Waals surface area contributed by atoms with E-state index in [0.717, 1.165) is 10.2 Å². The van der Waals surface area contributed by atoms with Crippen molar-refractivity contribution in [3.8, 4) is 0 Å². The van der Waals surface area contributed by atoms with Crippen LogP contribution in [0.4, 0.5) is 5.69 Å². The Morgan fingerprint density at radius 2 is 2.21 bits per heavy atom. The number of nitrogens with one attached hydrogen (secondary N) is 1. The first-order valence-electron chi connectivity index (χ1n) is 4.42. The second-order valence-electron chi connectivity index (χ2n) is 3.20. The van der Waals surface area contributed by atoms with Crippen molar-refractivity contribution in [2.45, 2.75) is 13.0 Å². The first kappa shape index (κ1) is 11.5. The standard InChI is InChI=1S/C10H14BrNO2/c1-7-2-3-10(9(11)4-7)12-5-8(14)6-13/h2-4,8,12-14H,5-6H2,1H3. The summed E-state index contributed by atoms with van der Waals surface area (Å²) in [5.41, 5.74) is 2.09. The van der Waals surface area contributed by atoms with Gasteiger partial charge in [-0.25, -0.2) is 0 Å². The van der Waals surface area contributed by atoms with Gasteiger partial charge in [0, 0.05) is 16.7 Å². The molecule has 0 saturated carbocycles. The van der Waals surface area contributed by atoms with Crippen LogP contribution in [-0.4, -0.2) is 29.5 Å². The second kappa shape index (κ2) is 5.34. The molecule has 1 atom stereocenters. The maximum Gasteiger partial charge on any atom is 0.0942 e. The van der Waals surface area contributed by atoms with Crippen LogP contribution >= 0.6 is 15.9 Å². The van der Waals surface area contributed by atoms with E-state index >= 15 is 0 Å². The highest BCUT2D eigenvalue weighted by molar-refractivity contribution is 9.10. The molecule has 4 heteroatoms. The van der Waals surface area contributed by atoms with E-state index in [-0.39, 0.29) is 6.61 Å². The van der Waals surface area contributed by atoms with Crippen molar-refractivity contribution in [1.82, 2.24) is 0 Å². The monoisotopic (exact) mass is 259 g/mol. The number of rotatable bonds is 4. The van der Waals surface area contributed by atoms with Gasteiger partial charge in [0.15, 0.2) is 0 Å². The Balaban J connectivity index is 2.59. The summed E-state index contributed by atoms with van der Waals surface area (Å²) >= 11 is 3.41. The largest absolute Gasteiger partial charge is 0.394 e. The van der Waals surface area contributed by atoms with E-state index in [1.165, 1.54) is 5.56 Å². The summed E-state index contributed by atoms with van der Waals surface area (Å²) in [4.78, 5) is 0.